The lowest BCUT2D eigenvalue weighted by Gasteiger charge is -2.08. The van der Waals surface area contributed by atoms with Gasteiger partial charge in [0.1, 0.15) is 5.76 Å². The Hall–Kier alpha value is -0.990. The lowest BCUT2D eigenvalue weighted by Crippen LogP contribution is -2.10. The fourth-order valence-electron chi connectivity index (χ4n) is 1.31. The number of nitrogens with one attached hydrogen (secondary N) is 1. The number of nitrogens with zero attached hydrogens (tertiary/aromatic N) is 1. The van der Waals surface area contributed by atoms with Crippen molar-refractivity contribution < 1.29 is 4.42 Å². The van der Waals surface area contributed by atoms with E-state index in [-0.39, 0.29) is 0 Å². The Bertz CT molecular complexity index is 231. The minimum atomic E-state index is 0.851. The van der Waals surface area contributed by atoms with E-state index in [4.69, 9.17) is 4.42 Å². The third kappa shape index (κ3) is 1.11. The molecule has 0 fully saturated rings. The fourth-order valence-corrected chi connectivity index (χ4v) is 1.31. The van der Waals surface area contributed by atoms with Gasteiger partial charge in [-0.25, -0.2) is 0 Å². The fraction of sp³-hybridized carbons (Fsp3) is 0.625. The first kappa shape index (κ1) is 6.70. The van der Waals surface area contributed by atoms with Gasteiger partial charge in [-0.1, -0.05) is 6.92 Å². The minimum absolute atomic E-state index is 0.851. The largest absolute Gasteiger partial charge is 0.443 e. The molecule has 2 heterocycles. The molecule has 0 amide bonds. The van der Waals surface area contributed by atoms with E-state index in [0.29, 0.717) is 0 Å². The topological polar surface area (TPSA) is 38.1 Å². The first-order chi connectivity index (χ1) is 5.40. The lowest BCUT2D eigenvalue weighted by atomic mass is 10.2. The molecule has 0 saturated heterocycles. The maximum atomic E-state index is 5.48. The van der Waals surface area contributed by atoms with Crippen LogP contribution in [0.25, 0.3) is 0 Å². The summed E-state index contributed by atoms with van der Waals surface area (Å²) in [5.41, 5.74) is 0. The zero-order chi connectivity index (χ0) is 7.68. The van der Waals surface area contributed by atoms with Gasteiger partial charge in [0.05, 0.1) is 0 Å². The molecule has 0 bridgehead atoms. The molecule has 1 aromatic rings. The summed E-state index contributed by atoms with van der Waals surface area (Å²) in [6, 6.07) is 0. The second-order valence-corrected chi connectivity index (χ2v) is 2.76. The number of hydrogen-bond donors (Lipinski definition) is 1. The summed E-state index contributed by atoms with van der Waals surface area (Å²) >= 11 is 0. The summed E-state index contributed by atoms with van der Waals surface area (Å²) < 4.78 is 5.48. The van der Waals surface area contributed by atoms with E-state index in [1.165, 1.54) is 0 Å². The molecule has 0 saturated carbocycles. The number of oxazole rings is 1. The zero-order valence-corrected chi connectivity index (χ0v) is 6.68. The molecular weight excluding hydrogens is 140 g/mol. The van der Waals surface area contributed by atoms with Gasteiger partial charge in [0.2, 0.25) is 0 Å². The molecule has 2 rings (SSSR count). The Morgan fingerprint density at radius 2 is 2.55 bits per heavy atom. The standard InChI is InChI=1S/C8H12N2O/c1-2-7-10-8-6(11-7)4-3-5-9-8/h9H,2-5H2,1H3. The monoisotopic (exact) mass is 152 g/mol. The van der Waals surface area contributed by atoms with E-state index < -0.39 is 0 Å². The maximum absolute atomic E-state index is 5.48. The molecule has 1 aromatic heterocycles. The molecule has 0 unspecified atom stereocenters. The van der Waals surface area contributed by atoms with Crippen molar-refractivity contribution in [1.29, 1.82) is 0 Å². The quantitative estimate of drug-likeness (QED) is 0.664. The summed E-state index contributed by atoms with van der Waals surface area (Å²) in [4.78, 5) is 4.29. The Kier molecular flexibility index (Phi) is 1.56. The Balaban J connectivity index is 2.32. The second-order valence-electron chi connectivity index (χ2n) is 2.76. The van der Waals surface area contributed by atoms with Gasteiger partial charge in [-0.2, -0.15) is 4.98 Å². The summed E-state index contributed by atoms with van der Waals surface area (Å²) in [6.07, 6.45) is 3.08. The molecule has 3 heteroatoms. The summed E-state index contributed by atoms with van der Waals surface area (Å²) in [5.74, 6) is 2.85. The van der Waals surface area contributed by atoms with Crippen molar-refractivity contribution in [2.24, 2.45) is 0 Å². The highest BCUT2D eigenvalue weighted by Crippen LogP contribution is 2.21. The maximum Gasteiger partial charge on any atom is 0.196 e. The first-order valence-electron chi connectivity index (χ1n) is 4.12. The average molecular weight is 152 g/mol. The lowest BCUT2D eigenvalue weighted by molar-refractivity contribution is 0.454. The van der Waals surface area contributed by atoms with Crippen molar-refractivity contribution in [2.75, 3.05) is 11.9 Å². The normalized spacial score (nSPS) is 15.7. The van der Waals surface area contributed by atoms with Gasteiger partial charge in [-0.15, -0.1) is 0 Å². The number of aromatic nitrogens is 1. The number of anilines is 1. The average Bonchev–Trinajstić information content (AvgIpc) is 2.46. The van der Waals surface area contributed by atoms with Crippen LogP contribution in [0, 0.1) is 0 Å². The predicted molar refractivity (Wildman–Crippen MR) is 42.7 cm³/mol. The van der Waals surface area contributed by atoms with Crippen molar-refractivity contribution in [2.45, 2.75) is 26.2 Å². The summed E-state index contributed by atoms with van der Waals surface area (Å²) in [7, 11) is 0. The van der Waals surface area contributed by atoms with E-state index in [1.807, 2.05) is 0 Å². The summed E-state index contributed by atoms with van der Waals surface area (Å²) in [6.45, 7) is 3.08. The van der Waals surface area contributed by atoms with Crippen molar-refractivity contribution in [3.05, 3.63) is 11.7 Å². The van der Waals surface area contributed by atoms with E-state index in [9.17, 15) is 0 Å². The van der Waals surface area contributed by atoms with Crippen LogP contribution in [0.15, 0.2) is 4.42 Å². The van der Waals surface area contributed by atoms with Crippen LogP contribution < -0.4 is 5.32 Å². The molecule has 0 atom stereocenters. The third-order valence-electron chi connectivity index (χ3n) is 1.92. The number of rotatable bonds is 1. The molecule has 11 heavy (non-hydrogen) atoms. The number of fused-ring (bicyclic) bond motifs is 1. The molecule has 3 nitrogen and oxygen atoms in total. The SMILES string of the molecule is CCc1nc2c(o1)CCCN2. The van der Waals surface area contributed by atoms with Crippen LogP contribution in [0.3, 0.4) is 0 Å². The molecule has 0 radical (unpaired) electrons. The molecule has 1 N–H and O–H groups in total. The van der Waals surface area contributed by atoms with Gasteiger partial charge in [0.15, 0.2) is 11.7 Å². The van der Waals surface area contributed by atoms with Crippen LogP contribution >= 0.6 is 0 Å². The second kappa shape index (κ2) is 2.57. The van der Waals surface area contributed by atoms with Crippen LogP contribution in [0.1, 0.15) is 25.0 Å². The van der Waals surface area contributed by atoms with E-state index in [2.05, 4.69) is 17.2 Å². The highest BCUT2D eigenvalue weighted by atomic mass is 16.4. The van der Waals surface area contributed by atoms with Gasteiger partial charge >= 0.3 is 0 Å². The molecule has 1 aliphatic heterocycles. The first-order valence-corrected chi connectivity index (χ1v) is 4.12. The van der Waals surface area contributed by atoms with Crippen LogP contribution in [0.5, 0.6) is 0 Å². The Morgan fingerprint density at radius 3 is 3.27 bits per heavy atom. The number of hydrogen-bond acceptors (Lipinski definition) is 3. The smallest absolute Gasteiger partial charge is 0.196 e. The van der Waals surface area contributed by atoms with E-state index >= 15 is 0 Å². The van der Waals surface area contributed by atoms with E-state index in [1.54, 1.807) is 0 Å². The van der Waals surface area contributed by atoms with Crippen LogP contribution in [-0.2, 0) is 12.8 Å². The van der Waals surface area contributed by atoms with Crippen molar-refractivity contribution in [1.82, 2.24) is 4.98 Å². The van der Waals surface area contributed by atoms with Crippen molar-refractivity contribution >= 4 is 5.82 Å². The Labute approximate surface area is 65.8 Å². The molecular formula is C8H12N2O. The highest BCUT2D eigenvalue weighted by Gasteiger charge is 2.14. The molecule has 0 aliphatic carbocycles. The van der Waals surface area contributed by atoms with Gasteiger partial charge in [0.25, 0.3) is 0 Å². The minimum Gasteiger partial charge on any atom is -0.443 e. The Morgan fingerprint density at radius 1 is 1.64 bits per heavy atom. The van der Waals surface area contributed by atoms with Crippen molar-refractivity contribution in [3.63, 3.8) is 0 Å². The molecule has 0 aromatic carbocycles. The highest BCUT2D eigenvalue weighted by molar-refractivity contribution is 5.41. The van der Waals surface area contributed by atoms with E-state index in [0.717, 1.165) is 43.3 Å². The molecule has 60 valence electrons. The van der Waals surface area contributed by atoms with Gasteiger partial charge in [-0.3, -0.25) is 0 Å². The van der Waals surface area contributed by atoms with Crippen LogP contribution in [0.2, 0.25) is 0 Å². The van der Waals surface area contributed by atoms with Crippen molar-refractivity contribution in [3.8, 4) is 0 Å². The molecule has 0 spiro atoms. The molecule has 1 aliphatic rings. The predicted octanol–water partition coefficient (Wildman–Crippen LogP) is 1.60. The van der Waals surface area contributed by atoms with Gasteiger partial charge in [0, 0.05) is 19.4 Å². The third-order valence-corrected chi connectivity index (χ3v) is 1.92. The van der Waals surface area contributed by atoms with Gasteiger partial charge in [-0.05, 0) is 6.42 Å². The number of aryl methyl sites for hydroxylation is 2. The van der Waals surface area contributed by atoms with Crippen LogP contribution in [0.4, 0.5) is 5.82 Å². The summed E-state index contributed by atoms with van der Waals surface area (Å²) in [5, 5.41) is 3.21. The van der Waals surface area contributed by atoms with Gasteiger partial charge < -0.3 is 9.73 Å². The zero-order valence-electron chi connectivity index (χ0n) is 6.68. The van der Waals surface area contributed by atoms with Crippen LogP contribution in [-0.4, -0.2) is 11.5 Å².